The second-order valence-electron chi connectivity index (χ2n) is 3.21. The first kappa shape index (κ1) is 8.31. The van der Waals surface area contributed by atoms with Crippen molar-refractivity contribution in [2.24, 2.45) is 0 Å². The minimum Gasteiger partial charge on any atom is -0.504 e. The van der Waals surface area contributed by atoms with E-state index >= 15 is 0 Å². The summed E-state index contributed by atoms with van der Waals surface area (Å²) < 4.78 is 0. The van der Waals surface area contributed by atoms with Gasteiger partial charge in [-0.1, -0.05) is 0 Å². The molecule has 0 radical (unpaired) electrons. The molecular formula is C9H13N3O. The molecule has 1 aromatic rings. The van der Waals surface area contributed by atoms with Gasteiger partial charge in [-0.25, -0.2) is 4.98 Å². The molecular weight excluding hydrogens is 166 g/mol. The number of nitrogens with zero attached hydrogens (tertiary/aromatic N) is 1. The van der Waals surface area contributed by atoms with Crippen molar-refractivity contribution in [3.05, 3.63) is 18.3 Å². The van der Waals surface area contributed by atoms with Crippen LogP contribution < -0.4 is 10.6 Å². The Kier molecular flexibility index (Phi) is 2.31. The van der Waals surface area contributed by atoms with Crippen LogP contribution in [0.4, 0.5) is 5.82 Å². The molecule has 0 spiro atoms. The molecule has 0 saturated carbocycles. The van der Waals surface area contributed by atoms with Crippen molar-refractivity contribution in [1.82, 2.24) is 10.3 Å². The number of pyridine rings is 1. The van der Waals surface area contributed by atoms with E-state index in [1.54, 1.807) is 18.3 Å². The van der Waals surface area contributed by atoms with Gasteiger partial charge in [0, 0.05) is 18.8 Å². The van der Waals surface area contributed by atoms with Crippen LogP contribution in [0.25, 0.3) is 0 Å². The van der Waals surface area contributed by atoms with Crippen molar-refractivity contribution >= 4 is 5.82 Å². The minimum atomic E-state index is 0.217. The first-order chi connectivity index (χ1) is 6.36. The lowest BCUT2D eigenvalue weighted by molar-refractivity contribution is 0.474. The molecule has 0 amide bonds. The largest absolute Gasteiger partial charge is 0.504 e. The molecule has 1 aliphatic rings. The summed E-state index contributed by atoms with van der Waals surface area (Å²) in [6, 6.07) is 3.74. The zero-order valence-corrected chi connectivity index (χ0v) is 7.33. The first-order valence-electron chi connectivity index (χ1n) is 4.47. The summed E-state index contributed by atoms with van der Waals surface area (Å²) in [6.07, 6.45) is 2.75. The Balaban J connectivity index is 2.04. The highest BCUT2D eigenvalue weighted by molar-refractivity contribution is 5.49. The van der Waals surface area contributed by atoms with Crippen LogP contribution in [-0.2, 0) is 0 Å². The molecule has 1 fully saturated rings. The Bertz CT molecular complexity index is 284. The van der Waals surface area contributed by atoms with Crippen LogP contribution in [0.2, 0.25) is 0 Å². The van der Waals surface area contributed by atoms with Crippen LogP contribution in [-0.4, -0.2) is 29.2 Å². The fourth-order valence-corrected chi connectivity index (χ4v) is 1.48. The van der Waals surface area contributed by atoms with Crippen LogP contribution in [0.5, 0.6) is 5.75 Å². The molecule has 0 unspecified atom stereocenters. The highest BCUT2D eigenvalue weighted by Gasteiger charge is 2.15. The normalized spacial score (nSPS) is 21.7. The van der Waals surface area contributed by atoms with Gasteiger partial charge in [0.15, 0.2) is 11.6 Å². The molecule has 0 bridgehead atoms. The standard InChI is InChI=1S/C9H13N3O/c13-8-2-1-4-11-9(8)12-7-3-5-10-6-7/h1-2,4,7,10,13H,3,5-6H2,(H,11,12)/t7-/m0/s1. The average molecular weight is 179 g/mol. The summed E-state index contributed by atoms with van der Waals surface area (Å²) in [4.78, 5) is 4.05. The highest BCUT2D eigenvalue weighted by atomic mass is 16.3. The molecule has 2 rings (SSSR count). The summed E-state index contributed by atoms with van der Waals surface area (Å²) in [5, 5.41) is 15.9. The number of aromatic nitrogens is 1. The second kappa shape index (κ2) is 3.62. The van der Waals surface area contributed by atoms with Gasteiger partial charge in [0.2, 0.25) is 0 Å². The minimum absolute atomic E-state index is 0.217. The number of nitrogens with one attached hydrogen (secondary N) is 2. The fraction of sp³-hybridized carbons (Fsp3) is 0.444. The van der Waals surface area contributed by atoms with E-state index in [4.69, 9.17) is 0 Å². The molecule has 13 heavy (non-hydrogen) atoms. The molecule has 0 aliphatic carbocycles. The van der Waals surface area contributed by atoms with E-state index in [1.807, 2.05) is 0 Å². The third-order valence-corrected chi connectivity index (χ3v) is 2.19. The molecule has 4 nitrogen and oxygen atoms in total. The summed E-state index contributed by atoms with van der Waals surface area (Å²) in [6.45, 7) is 1.97. The van der Waals surface area contributed by atoms with Crippen LogP contribution in [0.3, 0.4) is 0 Å². The second-order valence-corrected chi connectivity index (χ2v) is 3.21. The molecule has 3 N–H and O–H groups in total. The molecule has 1 aromatic heterocycles. The molecule has 0 aromatic carbocycles. The lowest BCUT2D eigenvalue weighted by atomic mass is 10.2. The molecule has 70 valence electrons. The van der Waals surface area contributed by atoms with E-state index in [-0.39, 0.29) is 5.75 Å². The quantitative estimate of drug-likeness (QED) is 0.621. The Hall–Kier alpha value is -1.29. The Morgan fingerprint density at radius 1 is 1.62 bits per heavy atom. The monoisotopic (exact) mass is 179 g/mol. The van der Waals surface area contributed by atoms with E-state index in [2.05, 4.69) is 15.6 Å². The third kappa shape index (κ3) is 1.89. The van der Waals surface area contributed by atoms with E-state index in [0.29, 0.717) is 11.9 Å². The van der Waals surface area contributed by atoms with Gasteiger partial charge in [-0.2, -0.15) is 0 Å². The molecule has 2 heterocycles. The van der Waals surface area contributed by atoms with Crippen molar-refractivity contribution in [3.63, 3.8) is 0 Å². The summed E-state index contributed by atoms with van der Waals surface area (Å²) >= 11 is 0. The van der Waals surface area contributed by atoms with Crippen molar-refractivity contribution < 1.29 is 5.11 Å². The molecule has 1 saturated heterocycles. The predicted octanol–water partition coefficient (Wildman–Crippen LogP) is 0.561. The van der Waals surface area contributed by atoms with Crippen molar-refractivity contribution in [2.75, 3.05) is 18.4 Å². The van der Waals surface area contributed by atoms with E-state index in [1.165, 1.54) is 0 Å². The predicted molar refractivity (Wildman–Crippen MR) is 50.8 cm³/mol. The maximum Gasteiger partial charge on any atom is 0.168 e. The van der Waals surface area contributed by atoms with Gasteiger partial charge >= 0.3 is 0 Å². The zero-order chi connectivity index (χ0) is 9.10. The topological polar surface area (TPSA) is 57.2 Å². The Morgan fingerprint density at radius 2 is 2.54 bits per heavy atom. The van der Waals surface area contributed by atoms with Gasteiger partial charge in [-0.05, 0) is 25.1 Å². The lowest BCUT2D eigenvalue weighted by Gasteiger charge is -2.12. The Labute approximate surface area is 77.0 Å². The maximum absolute atomic E-state index is 9.43. The van der Waals surface area contributed by atoms with Gasteiger partial charge in [-0.3, -0.25) is 0 Å². The Morgan fingerprint density at radius 3 is 3.23 bits per heavy atom. The van der Waals surface area contributed by atoms with Crippen LogP contribution in [0, 0.1) is 0 Å². The smallest absolute Gasteiger partial charge is 0.168 e. The van der Waals surface area contributed by atoms with Crippen molar-refractivity contribution in [1.29, 1.82) is 0 Å². The number of hydrogen-bond donors (Lipinski definition) is 3. The van der Waals surface area contributed by atoms with Crippen molar-refractivity contribution in [3.8, 4) is 5.75 Å². The fourth-order valence-electron chi connectivity index (χ4n) is 1.48. The first-order valence-corrected chi connectivity index (χ1v) is 4.47. The van der Waals surface area contributed by atoms with E-state index in [9.17, 15) is 5.11 Å². The van der Waals surface area contributed by atoms with Gasteiger partial charge < -0.3 is 15.7 Å². The maximum atomic E-state index is 9.43. The summed E-state index contributed by atoms with van der Waals surface area (Å²) in [5.41, 5.74) is 0. The number of hydrogen-bond acceptors (Lipinski definition) is 4. The van der Waals surface area contributed by atoms with E-state index in [0.717, 1.165) is 19.5 Å². The summed E-state index contributed by atoms with van der Waals surface area (Å²) in [7, 11) is 0. The van der Waals surface area contributed by atoms with Gasteiger partial charge in [0.1, 0.15) is 0 Å². The van der Waals surface area contributed by atoms with Crippen LogP contribution in [0.15, 0.2) is 18.3 Å². The summed E-state index contributed by atoms with van der Waals surface area (Å²) in [5.74, 6) is 0.797. The zero-order valence-electron chi connectivity index (χ0n) is 7.33. The average Bonchev–Trinajstić information content (AvgIpc) is 2.61. The van der Waals surface area contributed by atoms with Gasteiger partial charge in [-0.15, -0.1) is 0 Å². The van der Waals surface area contributed by atoms with Crippen molar-refractivity contribution in [2.45, 2.75) is 12.5 Å². The molecule has 4 heteroatoms. The number of rotatable bonds is 2. The van der Waals surface area contributed by atoms with Gasteiger partial charge in [0.05, 0.1) is 0 Å². The number of aromatic hydroxyl groups is 1. The third-order valence-electron chi connectivity index (χ3n) is 2.19. The van der Waals surface area contributed by atoms with Crippen LogP contribution >= 0.6 is 0 Å². The van der Waals surface area contributed by atoms with E-state index < -0.39 is 0 Å². The molecule has 1 aliphatic heterocycles. The SMILES string of the molecule is Oc1cccnc1N[C@H]1CCNC1. The molecule has 1 atom stereocenters. The lowest BCUT2D eigenvalue weighted by Crippen LogP contribution is -2.22. The van der Waals surface area contributed by atoms with Crippen LogP contribution in [0.1, 0.15) is 6.42 Å². The van der Waals surface area contributed by atoms with Gasteiger partial charge in [0.25, 0.3) is 0 Å². The highest BCUT2D eigenvalue weighted by Crippen LogP contribution is 2.20. The number of anilines is 1.